The minimum atomic E-state index is -0.293. The zero-order valence-corrected chi connectivity index (χ0v) is 11.4. The standard InChI is InChI=1S/C15H12FNO2S/c16-11-5-7-12(8-6-11)19-10-9-17-15(18)13-3-1-2-4-14(13)20-17/h1-8H,9-10H2. The highest BCUT2D eigenvalue weighted by Gasteiger charge is 2.06. The van der Waals surface area contributed by atoms with Crippen LogP contribution in [0.15, 0.2) is 53.3 Å². The Morgan fingerprint density at radius 2 is 1.85 bits per heavy atom. The van der Waals surface area contributed by atoms with Crippen LogP contribution in [0.2, 0.25) is 0 Å². The molecule has 20 heavy (non-hydrogen) atoms. The van der Waals surface area contributed by atoms with Crippen LogP contribution in [0.5, 0.6) is 5.75 Å². The van der Waals surface area contributed by atoms with E-state index in [1.54, 1.807) is 16.1 Å². The molecule has 0 aliphatic heterocycles. The summed E-state index contributed by atoms with van der Waals surface area (Å²) in [5, 5.41) is 0.735. The number of nitrogens with zero attached hydrogens (tertiary/aromatic N) is 1. The summed E-state index contributed by atoms with van der Waals surface area (Å²) in [7, 11) is 0. The number of hydrogen-bond donors (Lipinski definition) is 0. The Hall–Kier alpha value is -2.14. The highest BCUT2D eigenvalue weighted by atomic mass is 32.1. The molecule has 102 valence electrons. The summed E-state index contributed by atoms with van der Waals surface area (Å²) < 4.78 is 20.9. The summed E-state index contributed by atoms with van der Waals surface area (Å²) in [5.41, 5.74) is 0.00769. The van der Waals surface area contributed by atoms with Crippen LogP contribution in [-0.2, 0) is 6.54 Å². The van der Waals surface area contributed by atoms with Gasteiger partial charge in [-0.1, -0.05) is 23.7 Å². The molecule has 0 radical (unpaired) electrons. The first-order valence-corrected chi connectivity index (χ1v) is 6.98. The lowest BCUT2D eigenvalue weighted by atomic mass is 10.3. The van der Waals surface area contributed by atoms with Gasteiger partial charge in [-0.3, -0.25) is 8.75 Å². The van der Waals surface area contributed by atoms with E-state index >= 15 is 0 Å². The lowest BCUT2D eigenvalue weighted by molar-refractivity contribution is 0.301. The lowest BCUT2D eigenvalue weighted by Gasteiger charge is -2.05. The fourth-order valence-corrected chi connectivity index (χ4v) is 2.92. The van der Waals surface area contributed by atoms with Crippen molar-refractivity contribution in [3.63, 3.8) is 0 Å². The Bertz CT molecular complexity index is 776. The third kappa shape index (κ3) is 2.58. The molecule has 0 fully saturated rings. The van der Waals surface area contributed by atoms with Crippen LogP contribution < -0.4 is 10.3 Å². The van der Waals surface area contributed by atoms with Crippen molar-refractivity contribution < 1.29 is 9.13 Å². The number of rotatable bonds is 4. The molecule has 0 spiro atoms. The normalized spacial score (nSPS) is 10.8. The van der Waals surface area contributed by atoms with Crippen LogP contribution >= 0.6 is 11.5 Å². The second-order valence-electron chi connectivity index (χ2n) is 4.30. The van der Waals surface area contributed by atoms with Gasteiger partial charge in [-0.05, 0) is 36.4 Å². The maximum Gasteiger partial charge on any atom is 0.268 e. The number of aromatic nitrogens is 1. The van der Waals surface area contributed by atoms with Gasteiger partial charge in [0.05, 0.1) is 16.6 Å². The van der Waals surface area contributed by atoms with Gasteiger partial charge in [0.2, 0.25) is 0 Å². The first kappa shape index (κ1) is 12.9. The number of hydrogen-bond acceptors (Lipinski definition) is 3. The molecule has 5 heteroatoms. The lowest BCUT2D eigenvalue weighted by Crippen LogP contribution is -2.17. The van der Waals surface area contributed by atoms with Gasteiger partial charge >= 0.3 is 0 Å². The second kappa shape index (κ2) is 5.46. The second-order valence-corrected chi connectivity index (χ2v) is 5.36. The van der Waals surface area contributed by atoms with Gasteiger partial charge in [-0.15, -0.1) is 0 Å². The molecule has 0 N–H and O–H groups in total. The molecule has 3 rings (SSSR count). The van der Waals surface area contributed by atoms with Gasteiger partial charge < -0.3 is 4.74 Å². The minimum absolute atomic E-state index is 0.00769. The Morgan fingerprint density at radius 3 is 2.60 bits per heavy atom. The van der Waals surface area contributed by atoms with E-state index in [1.165, 1.54) is 23.7 Å². The van der Waals surface area contributed by atoms with Crippen LogP contribution in [0, 0.1) is 5.82 Å². The van der Waals surface area contributed by atoms with Crippen molar-refractivity contribution in [2.45, 2.75) is 6.54 Å². The number of ether oxygens (including phenoxy) is 1. The maximum absolute atomic E-state index is 12.7. The smallest absolute Gasteiger partial charge is 0.268 e. The summed E-state index contributed by atoms with van der Waals surface area (Å²) in [4.78, 5) is 12.1. The molecule has 1 heterocycles. The molecule has 3 aromatic rings. The molecule has 0 aliphatic rings. The van der Waals surface area contributed by atoms with Crippen molar-refractivity contribution in [2.75, 3.05) is 6.61 Å². The first-order chi connectivity index (χ1) is 9.74. The van der Waals surface area contributed by atoms with Gasteiger partial charge in [-0.25, -0.2) is 4.39 Å². The molecular formula is C15H12FNO2S. The maximum atomic E-state index is 12.7. The average Bonchev–Trinajstić information content (AvgIpc) is 2.78. The summed E-state index contributed by atoms with van der Waals surface area (Å²) in [5.74, 6) is 0.304. The van der Waals surface area contributed by atoms with Gasteiger partial charge in [-0.2, -0.15) is 0 Å². The Balaban J connectivity index is 1.69. The Labute approximate surface area is 119 Å². The van der Waals surface area contributed by atoms with Gasteiger partial charge in [0.15, 0.2) is 0 Å². The molecule has 0 bridgehead atoms. The number of benzene rings is 2. The largest absolute Gasteiger partial charge is 0.492 e. The molecule has 1 aromatic heterocycles. The van der Waals surface area contributed by atoms with Crippen molar-refractivity contribution >= 4 is 21.6 Å². The summed E-state index contributed by atoms with van der Waals surface area (Å²) >= 11 is 1.43. The van der Waals surface area contributed by atoms with E-state index in [-0.39, 0.29) is 11.4 Å². The fourth-order valence-electron chi connectivity index (χ4n) is 1.94. The van der Waals surface area contributed by atoms with Crippen LogP contribution in [0.4, 0.5) is 4.39 Å². The summed E-state index contributed by atoms with van der Waals surface area (Å²) in [6.07, 6.45) is 0. The molecule has 0 atom stereocenters. The van der Waals surface area contributed by atoms with Crippen LogP contribution in [-0.4, -0.2) is 10.6 Å². The molecule has 2 aromatic carbocycles. The zero-order valence-electron chi connectivity index (χ0n) is 10.6. The van der Waals surface area contributed by atoms with Gasteiger partial charge in [0.25, 0.3) is 5.56 Å². The fraction of sp³-hybridized carbons (Fsp3) is 0.133. The highest BCUT2D eigenvalue weighted by Crippen LogP contribution is 2.16. The van der Waals surface area contributed by atoms with Crippen molar-refractivity contribution in [2.24, 2.45) is 0 Å². The molecule has 0 unspecified atom stereocenters. The predicted octanol–water partition coefficient (Wildman–Crippen LogP) is 3.28. The molecular weight excluding hydrogens is 277 g/mol. The van der Waals surface area contributed by atoms with E-state index in [2.05, 4.69) is 0 Å². The Kier molecular flexibility index (Phi) is 3.52. The van der Waals surface area contributed by atoms with E-state index in [0.717, 1.165) is 10.1 Å². The van der Waals surface area contributed by atoms with E-state index < -0.39 is 0 Å². The third-order valence-electron chi connectivity index (χ3n) is 2.93. The van der Waals surface area contributed by atoms with Crippen LogP contribution in [0.25, 0.3) is 10.1 Å². The van der Waals surface area contributed by atoms with E-state index in [1.807, 2.05) is 24.3 Å². The molecule has 0 saturated heterocycles. The van der Waals surface area contributed by atoms with Crippen LogP contribution in [0.3, 0.4) is 0 Å². The molecule has 3 nitrogen and oxygen atoms in total. The quantitative estimate of drug-likeness (QED) is 0.738. The minimum Gasteiger partial charge on any atom is -0.492 e. The summed E-state index contributed by atoms with van der Waals surface area (Å²) in [6, 6.07) is 13.4. The molecule has 0 aliphatic carbocycles. The van der Waals surface area contributed by atoms with Crippen LogP contribution in [0.1, 0.15) is 0 Å². The van der Waals surface area contributed by atoms with Gasteiger partial charge in [0.1, 0.15) is 18.2 Å². The Morgan fingerprint density at radius 1 is 1.10 bits per heavy atom. The van der Waals surface area contributed by atoms with Gasteiger partial charge in [0, 0.05) is 0 Å². The number of halogens is 1. The van der Waals surface area contributed by atoms with E-state index in [9.17, 15) is 9.18 Å². The van der Waals surface area contributed by atoms with Crippen molar-refractivity contribution in [1.82, 2.24) is 3.96 Å². The topological polar surface area (TPSA) is 31.2 Å². The van der Waals surface area contributed by atoms with Crippen molar-refractivity contribution in [3.05, 3.63) is 64.7 Å². The third-order valence-corrected chi connectivity index (χ3v) is 4.05. The van der Waals surface area contributed by atoms with E-state index in [4.69, 9.17) is 4.74 Å². The monoisotopic (exact) mass is 289 g/mol. The first-order valence-electron chi connectivity index (χ1n) is 6.21. The predicted molar refractivity (Wildman–Crippen MR) is 78.0 cm³/mol. The highest BCUT2D eigenvalue weighted by molar-refractivity contribution is 7.13. The summed E-state index contributed by atoms with van der Waals surface area (Å²) in [6.45, 7) is 0.855. The molecule has 0 saturated carbocycles. The van der Waals surface area contributed by atoms with E-state index in [0.29, 0.717) is 18.9 Å². The van der Waals surface area contributed by atoms with Crippen molar-refractivity contribution in [1.29, 1.82) is 0 Å². The molecule has 0 amide bonds. The zero-order chi connectivity index (χ0) is 13.9. The average molecular weight is 289 g/mol. The SMILES string of the molecule is O=c1c2ccccc2sn1CCOc1ccc(F)cc1. The van der Waals surface area contributed by atoms with Crippen molar-refractivity contribution in [3.8, 4) is 5.75 Å². The number of fused-ring (bicyclic) bond motifs is 1.